The van der Waals surface area contributed by atoms with Gasteiger partial charge in [0.1, 0.15) is 5.82 Å². The normalized spacial score (nSPS) is 12.7. The Morgan fingerprint density at radius 3 is 2.76 bits per heavy atom. The molecule has 5 heteroatoms. The Hall–Kier alpha value is -0.650. The van der Waals surface area contributed by atoms with Crippen LogP contribution >= 0.6 is 31.9 Å². The van der Waals surface area contributed by atoms with E-state index >= 15 is 0 Å². The molecule has 1 atom stereocenters. The maximum Gasteiger partial charge on any atom is 0.110 e. The molecule has 1 aromatic carbocycles. The minimum atomic E-state index is -0.0569. The van der Waals surface area contributed by atoms with Crippen LogP contribution in [0.2, 0.25) is 0 Å². The molecule has 0 radical (unpaired) electrons. The lowest BCUT2D eigenvalue weighted by molar-refractivity contribution is 0.657. The van der Waals surface area contributed by atoms with Gasteiger partial charge in [0.05, 0.1) is 0 Å². The lowest BCUT2D eigenvalue weighted by Crippen LogP contribution is -2.16. The minimum Gasteiger partial charge on any atom is -0.338 e. The highest BCUT2D eigenvalue weighted by Gasteiger charge is 2.13. The number of aromatic nitrogens is 2. The van der Waals surface area contributed by atoms with Gasteiger partial charge in [-0.25, -0.2) is 4.98 Å². The number of benzene rings is 1. The second-order valence-electron chi connectivity index (χ2n) is 3.93. The van der Waals surface area contributed by atoms with Crippen LogP contribution in [0.25, 0.3) is 0 Å². The van der Waals surface area contributed by atoms with E-state index in [2.05, 4.69) is 36.8 Å². The van der Waals surface area contributed by atoms with Crippen LogP contribution in [0, 0.1) is 0 Å². The monoisotopic (exact) mass is 357 g/mol. The number of hydrogen-bond acceptors (Lipinski definition) is 2. The molecule has 2 N–H and O–H groups in total. The molecule has 0 bridgehead atoms. The predicted octanol–water partition coefficient (Wildman–Crippen LogP) is 3.19. The lowest BCUT2D eigenvalue weighted by atomic mass is 10.0. The number of hydrogen-bond donors (Lipinski definition) is 1. The SMILES string of the molecule is Cn1ccnc1CC(N)c1ccc(Br)cc1Br. The molecule has 1 aromatic heterocycles. The van der Waals surface area contributed by atoms with Crippen LogP contribution in [0.1, 0.15) is 17.4 Å². The van der Waals surface area contributed by atoms with Crippen molar-refractivity contribution in [1.82, 2.24) is 9.55 Å². The summed E-state index contributed by atoms with van der Waals surface area (Å²) >= 11 is 6.96. The van der Waals surface area contributed by atoms with Crippen LogP contribution in [0.15, 0.2) is 39.5 Å². The van der Waals surface area contributed by atoms with Crippen molar-refractivity contribution in [2.24, 2.45) is 12.8 Å². The number of imidazole rings is 1. The molecule has 1 heterocycles. The molecule has 0 spiro atoms. The summed E-state index contributed by atoms with van der Waals surface area (Å²) in [6.45, 7) is 0. The summed E-state index contributed by atoms with van der Waals surface area (Å²) in [5.74, 6) is 0.993. The summed E-state index contributed by atoms with van der Waals surface area (Å²) in [4.78, 5) is 4.29. The summed E-state index contributed by atoms with van der Waals surface area (Å²) < 4.78 is 4.05. The quantitative estimate of drug-likeness (QED) is 0.915. The Labute approximate surface area is 117 Å². The average Bonchev–Trinajstić information content (AvgIpc) is 2.64. The Bertz CT molecular complexity index is 522. The zero-order chi connectivity index (χ0) is 12.4. The van der Waals surface area contributed by atoms with Crippen LogP contribution in [0.5, 0.6) is 0 Å². The van der Waals surface area contributed by atoms with E-state index in [1.54, 1.807) is 6.20 Å². The van der Waals surface area contributed by atoms with Crippen molar-refractivity contribution in [1.29, 1.82) is 0 Å². The van der Waals surface area contributed by atoms with Gasteiger partial charge in [-0.05, 0) is 17.7 Å². The fourth-order valence-electron chi connectivity index (χ4n) is 1.70. The highest BCUT2D eigenvalue weighted by molar-refractivity contribution is 9.11. The average molecular weight is 359 g/mol. The predicted molar refractivity (Wildman–Crippen MR) is 75.7 cm³/mol. The van der Waals surface area contributed by atoms with Crippen LogP contribution in [-0.4, -0.2) is 9.55 Å². The van der Waals surface area contributed by atoms with Gasteiger partial charge in [-0.2, -0.15) is 0 Å². The third kappa shape index (κ3) is 2.97. The van der Waals surface area contributed by atoms with Gasteiger partial charge in [-0.3, -0.25) is 0 Å². The van der Waals surface area contributed by atoms with Gasteiger partial charge < -0.3 is 10.3 Å². The van der Waals surface area contributed by atoms with Crippen LogP contribution in [0.3, 0.4) is 0 Å². The Balaban J connectivity index is 2.20. The molecule has 17 heavy (non-hydrogen) atoms. The van der Waals surface area contributed by atoms with Crippen molar-refractivity contribution in [3.8, 4) is 0 Å². The number of rotatable bonds is 3. The standard InChI is InChI=1S/C12H13Br2N3/c1-17-5-4-16-12(17)7-11(15)9-3-2-8(13)6-10(9)14/h2-6,11H,7,15H2,1H3. The molecule has 1 unspecified atom stereocenters. The summed E-state index contributed by atoms with van der Waals surface area (Å²) in [5, 5.41) is 0. The Morgan fingerprint density at radius 2 is 2.18 bits per heavy atom. The van der Waals surface area contributed by atoms with Crippen LogP contribution in [-0.2, 0) is 13.5 Å². The van der Waals surface area contributed by atoms with E-state index < -0.39 is 0 Å². The van der Waals surface area contributed by atoms with E-state index in [1.807, 2.05) is 36.0 Å². The van der Waals surface area contributed by atoms with Gasteiger partial charge >= 0.3 is 0 Å². The molecular formula is C12H13Br2N3. The lowest BCUT2D eigenvalue weighted by Gasteiger charge is -2.14. The molecule has 0 saturated carbocycles. The Kier molecular flexibility index (Phi) is 4.01. The number of nitrogens with two attached hydrogens (primary N) is 1. The molecule has 2 aromatic rings. The largest absolute Gasteiger partial charge is 0.338 e. The molecule has 0 aliphatic carbocycles. The zero-order valence-electron chi connectivity index (χ0n) is 9.40. The van der Waals surface area contributed by atoms with E-state index in [0.717, 1.165) is 26.8 Å². The summed E-state index contributed by atoms with van der Waals surface area (Å²) in [6, 6.07) is 5.98. The number of halogens is 2. The summed E-state index contributed by atoms with van der Waals surface area (Å²) in [5.41, 5.74) is 7.30. The van der Waals surface area contributed by atoms with E-state index in [0.29, 0.717) is 0 Å². The first-order valence-corrected chi connectivity index (χ1v) is 6.83. The number of nitrogens with zero attached hydrogens (tertiary/aromatic N) is 2. The van der Waals surface area contributed by atoms with E-state index in [-0.39, 0.29) is 6.04 Å². The summed E-state index contributed by atoms with van der Waals surface area (Å²) in [7, 11) is 1.98. The van der Waals surface area contributed by atoms with Crippen LogP contribution in [0.4, 0.5) is 0 Å². The topological polar surface area (TPSA) is 43.8 Å². The molecular weight excluding hydrogens is 346 g/mol. The zero-order valence-corrected chi connectivity index (χ0v) is 12.6. The molecule has 2 rings (SSSR count). The smallest absolute Gasteiger partial charge is 0.110 e. The molecule has 90 valence electrons. The first-order chi connectivity index (χ1) is 8.08. The number of aryl methyl sites for hydroxylation is 1. The fraction of sp³-hybridized carbons (Fsp3) is 0.250. The van der Waals surface area contributed by atoms with Gasteiger partial charge in [0.25, 0.3) is 0 Å². The second-order valence-corrected chi connectivity index (χ2v) is 5.70. The maximum absolute atomic E-state index is 6.21. The van der Waals surface area contributed by atoms with Crippen molar-refractivity contribution in [2.75, 3.05) is 0 Å². The highest BCUT2D eigenvalue weighted by atomic mass is 79.9. The van der Waals surface area contributed by atoms with Crippen molar-refractivity contribution in [2.45, 2.75) is 12.5 Å². The molecule has 0 aliphatic rings. The fourth-order valence-corrected chi connectivity index (χ4v) is 3.04. The third-order valence-electron chi connectivity index (χ3n) is 2.69. The van der Waals surface area contributed by atoms with E-state index in [9.17, 15) is 0 Å². The molecule has 3 nitrogen and oxygen atoms in total. The van der Waals surface area contributed by atoms with Gasteiger partial charge in [0.15, 0.2) is 0 Å². The van der Waals surface area contributed by atoms with Crippen molar-refractivity contribution < 1.29 is 0 Å². The minimum absolute atomic E-state index is 0.0569. The van der Waals surface area contributed by atoms with Gasteiger partial charge in [0.2, 0.25) is 0 Å². The highest BCUT2D eigenvalue weighted by Crippen LogP contribution is 2.27. The first-order valence-electron chi connectivity index (χ1n) is 5.24. The Morgan fingerprint density at radius 1 is 1.41 bits per heavy atom. The molecule has 0 amide bonds. The first kappa shape index (κ1) is 12.8. The maximum atomic E-state index is 6.21. The second kappa shape index (κ2) is 5.33. The van der Waals surface area contributed by atoms with E-state index in [1.165, 1.54) is 0 Å². The molecule has 0 saturated heterocycles. The third-order valence-corrected chi connectivity index (χ3v) is 3.87. The van der Waals surface area contributed by atoms with Crippen molar-refractivity contribution in [3.05, 3.63) is 50.9 Å². The van der Waals surface area contributed by atoms with Gasteiger partial charge in [-0.15, -0.1) is 0 Å². The molecule has 0 fully saturated rings. The van der Waals surface area contributed by atoms with Gasteiger partial charge in [-0.1, -0.05) is 37.9 Å². The van der Waals surface area contributed by atoms with Gasteiger partial charge in [0, 0.05) is 40.8 Å². The molecule has 0 aliphatic heterocycles. The van der Waals surface area contributed by atoms with Crippen LogP contribution < -0.4 is 5.73 Å². The van der Waals surface area contributed by atoms with E-state index in [4.69, 9.17) is 5.73 Å². The summed E-state index contributed by atoms with van der Waals surface area (Å²) in [6.07, 6.45) is 4.45. The van der Waals surface area contributed by atoms with Crippen molar-refractivity contribution in [3.63, 3.8) is 0 Å². The van der Waals surface area contributed by atoms with Crippen molar-refractivity contribution >= 4 is 31.9 Å².